The maximum absolute atomic E-state index is 5.40. The third-order valence-corrected chi connectivity index (χ3v) is 1.48. The van der Waals surface area contributed by atoms with E-state index >= 15 is 0 Å². The van der Waals surface area contributed by atoms with Gasteiger partial charge in [-0.15, -0.1) is 0 Å². The number of hydrogen-bond acceptors (Lipinski definition) is 6. The summed E-state index contributed by atoms with van der Waals surface area (Å²) in [5.41, 5.74) is 6.25. The van der Waals surface area contributed by atoms with Crippen molar-refractivity contribution < 1.29 is 0 Å². The third kappa shape index (κ3) is 1.71. The summed E-state index contributed by atoms with van der Waals surface area (Å²) in [7, 11) is 0. The highest BCUT2D eigenvalue weighted by Crippen LogP contribution is 1.93. The number of nitrogens with two attached hydrogens (primary N) is 1. The summed E-state index contributed by atoms with van der Waals surface area (Å²) < 4.78 is 0. The zero-order chi connectivity index (χ0) is 9.80. The molecule has 0 fully saturated rings. The number of aromatic nitrogens is 5. The molecule has 0 aliphatic rings. The molecule has 0 aliphatic carbocycles. The molecule has 0 saturated carbocycles. The lowest BCUT2D eigenvalue weighted by Gasteiger charge is -1.91. The molecular weight excluding hydrogens is 182 g/mol. The Hall–Kier alpha value is -2.31. The zero-order valence-electron chi connectivity index (χ0n) is 7.15. The lowest BCUT2D eigenvalue weighted by molar-refractivity contribution is 0.699. The second kappa shape index (κ2) is 3.60. The van der Waals surface area contributed by atoms with E-state index < -0.39 is 0 Å². The Morgan fingerprint density at radius 1 is 1.50 bits per heavy atom. The molecule has 2 rings (SSSR count). The maximum Gasteiger partial charge on any atom is 0.263 e. The van der Waals surface area contributed by atoms with Gasteiger partial charge in [-0.3, -0.25) is 4.98 Å². The Morgan fingerprint density at radius 2 is 2.43 bits per heavy atom. The summed E-state index contributed by atoms with van der Waals surface area (Å²) in [5.74, 6) is 0.144. The van der Waals surface area contributed by atoms with Gasteiger partial charge in [0.05, 0.1) is 6.21 Å². The minimum atomic E-state index is 0.144. The number of rotatable bonds is 2. The van der Waals surface area contributed by atoms with Crippen LogP contribution in [-0.2, 0) is 0 Å². The van der Waals surface area contributed by atoms with E-state index in [9.17, 15) is 0 Å². The molecule has 2 aromatic rings. The first-order chi connectivity index (χ1) is 6.86. The summed E-state index contributed by atoms with van der Waals surface area (Å²) >= 11 is 0. The molecule has 2 aromatic heterocycles. The van der Waals surface area contributed by atoms with Gasteiger partial charge in [-0.25, -0.2) is 0 Å². The van der Waals surface area contributed by atoms with Crippen molar-refractivity contribution in [3.05, 3.63) is 30.1 Å². The van der Waals surface area contributed by atoms with E-state index in [4.69, 9.17) is 5.73 Å². The fourth-order valence-corrected chi connectivity index (χ4v) is 0.845. The van der Waals surface area contributed by atoms with E-state index in [2.05, 4.69) is 25.6 Å². The number of pyridine rings is 1. The molecule has 0 aliphatic heterocycles. The van der Waals surface area contributed by atoms with Crippen molar-refractivity contribution in [1.82, 2.24) is 25.3 Å². The summed E-state index contributed by atoms with van der Waals surface area (Å²) in [5, 5.41) is 14.3. The van der Waals surface area contributed by atoms with Crippen LogP contribution in [0.3, 0.4) is 0 Å². The highest BCUT2D eigenvalue weighted by atomic mass is 15.7. The highest BCUT2D eigenvalue weighted by molar-refractivity contribution is 5.78. The lowest BCUT2D eigenvalue weighted by Crippen LogP contribution is -1.99. The Morgan fingerprint density at radius 3 is 3.07 bits per heavy atom. The van der Waals surface area contributed by atoms with E-state index in [0.717, 1.165) is 10.4 Å². The van der Waals surface area contributed by atoms with Gasteiger partial charge in [0.2, 0.25) is 0 Å². The molecular formula is C7H7N7. The van der Waals surface area contributed by atoms with Gasteiger partial charge < -0.3 is 5.73 Å². The first kappa shape index (κ1) is 8.30. The topological polar surface area (TPSA) is 94.9 Å². The van der Waals surface area contributed by atoms with Crippen molar-refractivity contribution in [2.75, 3.05) is 5.73 Å². The lowest BCUT2D eigenvalue weighted by atomic mass is 10.3. The predicted molar refractivity (Wildman–Crippen MR) is 49.5 cm³/mol. The molecule has 0 spiro atoms. The number of nitrogens with zero attached hydrogens (tertiary/aromatic N) is 6. The molecule has 0 unspecified atom stereocenters. The first-order valence-corrected chi connectivity index (χ1v) is 3.84. The van der Waals surface area contributed by atoms with Crippen LogP contribution in [0.15, 0.2) is 29.6 Å². The van der Waals surface area contributed by atoms with Gasteiger partial charge >= 0.3 is 0 Å². The summed E-state index contributed by atoms with van der Waals surface area (Å²) in [6.45, 7) is 0. The van der Waals surface area contributed by atoms with E-state index in [1.165, 1.54) is 0 Å². The monoisotopic (exact) mass is 189 g/mol. The van der Waals surface area contributed by atoms with Crippen LogP contribution in [0.4, 0.5) is 5.95 Å². The van der Waals surface area contributed by atoms with Gasteiger partial charge in [0.1, 0.15) is 0 Å². The molecule has 70 valence electrons. The molecule has 0 saturated heterocycles. The number of nitrogen functional groups attached to an aromatic ring is 1. The van der Waals surface area contributed by atoms with Gasteiger partial charge in [-0.1, -0.05) is 16.0 Å². The Labute approximate surface area is 79.3 Å². The van der Waals surface area contributed by atoms with Crippen LogP contribution in [0, 0.1) is 0 Å². The summed E-state index contributed by atoms with van der Waals surface area (Å²) in [4.78, 5) is 5.06. The molecule has 7 heteroatoms. The summed E-state index contributed by atoms with van der Waals surface area (Å²) in [6.07, 6.45) is 4.92. The molecule has 14 heavy (non-hydrogen) atoms. The Balaban J connectivity index is 2.20. The van der Waals surface area contributed by atoms with Crippen molar-refractivity contribution in [2.45, 2.75) is 0 Å². The second-order valence-corrected chi connectivity index (χ2v) is 2.46. The standard InChI is InChI=1S/C7H7N7/c8-7-11-12-13-14(7)10-5-6-2-1-3-9-4-6/h1-5H,(H2,8,11,13)/b10-5+. The van der Waals surface area contributed by atoms with Gasteiger partial charge in [0, 0.05) is 18.0 Å². The molecule has 0 atom stereocenters. The van der Waals surface area contributed by atoms with Crippen molar-refractivity contribution in [1.29, 1.82) is 0 Å². The van der Waals surface area contributed by atoms with E-state index in [1.807, 2.05) is 12.1 Å². The average molecular weight is 189 g/mol. The third-order valence-electron chi connectivity index (χ3n) is 1.48. The number of tetrazole rings is 1. The quantitative estimate of drug-likeness (QED) is 0.644. The zero-order valence-corrected chi connectivity index (χ0v) is 7.15. The van der Waals surface area contributed by atoms with Crippen LogP contribution in [0.5, 0.6) is 0 Å². The fraction of sp³-hybridized carbons (Fsp3) is 0. The van der Waals surface area contributed by atoms with E-state index in [-0.39, 0.29) is 5.95 Å². The fourth-order valence-electron chi connectivity index (χ4n) is 0.845. The molecule has 0 aromatic carbocycles. The van der Waals surface area contributed by atoms with E-state index in [1.54, 1.807) is 18.6 Å². The molecule has 0 radical (unpaired) electrons. The molecule has 0 bridgehead atoms. The number of hydrogen-bond donors (Lipinski definition) is 1. The normalized spacial score (nSPS) is 10.9. The van der Waals surface area contributed by atoms with Crippen LogP contribution in [-0.4, -0.2) is 31.5 Å². The van der Waals surface area contributed by atoms with Crippen molar-refractivity contribution in [3.63, 3.8) is 0 Å². The van der Waals surface area contributed by atoms with Gasteiger partial charge in [0.25, 0.3) is 5.95 Å². The van der Waals surface area contributed by atoms with Gasteiger partial charge in [-0.05, 0) is 16.5 Å². The van der Waals surface area contributed by atoms with Gasteiger partial charge in [0.15, 0.2) is 0 Å². The van der Waals surface area contributed by atoms with Crippen LogP contribution >= 0.6 is 0 Å². The highest BCUT2D eigenvalue weighted by Gasteiger charge is 1.95. The van der Waals surface area contributed by atoms with Crippen LogP contribution in [0.2, 0.25) is 0 Å². The first-order valence-electron chi connectivity index (χ1n) is 3.84. The Kier molecular flexibility index (Phi) is 2.14. The molecule has 7 nitrogen and oxygen atoms in total. The minimum Gasteiger partial charge on any atom is -0.365 e. The molecule has 2 heterocycles. The smallest absolute Gasteiger partial charge is 0.263 e. The average Bonchev–Trinajstić information content (AvgIpc) is 2.63. The predicted octanol–water partition coefficient (Wildman–Crippen LogP) is -0.468. The minimum absolute atomic E-state index is 0.144. The van der Waals surface area contributed by atoms with Crippen LogP contribution in [0.1, 0.15) is 5.56 Å². The SMILES string of the molecule is Nc1nnnn1/N=C/c1cccnc1. The van der Waals surface area contributed by atoms with E-state index in [0.29, 0.717) is 0 Å². The second-order valence-electron chi connectivity index (χ2n) is 2.46. The van der Waals surface area contributed by atoms with Crippen LogP contribution < -0.4 is 5.73 Å². The summed E-state index contributed by atoms with van der Waals surface area (Å²) in [6, 6.07) is 3.67. The maximum atomic E-state index is 5.40. The van der Waals surface area contributed by atoms with Crippen molar-refractivity contribution >= 4 is 12.2 Å². The molecule has 2 N–H and O–H groups in total. The van der Waals surface area contributed by atoms with Gasteiger partial charge in [-0.2, -0.15) is 5.10 Å². The number of anilines is 1. The van der Waals surface area contributed by atoms with Crippen molar-refractivity contribution in [2.24, 2.45) is 5.10 Å². The molecule has 0 amide bonds. The largest absolute Gasteiger partial charge is 0.365 e. The Bertz CT molecular complexity index is 432. The van der Waals surface area contributed by atoms with Crippen molar-refractivity contribution in [3.8, 4) is 0 Å². The van der Waals surface area contributed by atoms with Crippen LogP contribution in [0.25, 0.3) is 0 Å².